The van der Waals surface area contributed by atoms with Crippen molar-refractivity contribution in [2.24, 2.45) is 0 Å². The second-order valence-electron chi connectivity index (χ2n) is 4.18. The van der Waals surface area contributed by atoms with Gasteiger partial charge in [0.05, 0.1) is 5.92 Å². The molecule has 1 heterocycles. The molecule has 3 nitrogen and oxygen atoms in total. The van der Waals surface area contributed by atoms with Crippen LogP contribution in [0.1, 0.15) is 24.3 Å². The Bertz CT molecular complexity index is 462. The predicted octanol–water partition coefficient (Wildman–Crippen LogP) is 2.09. The number of para-hydroxylation sites is 1. The van der Waals surface area contributed by atoms with E-state index in [0.29, 0.717) is 12.8 Å². The van der Waals surface area contributed by atoms with Crippen molar-refractivity contribution in [3.8, 4) is 12.3 Å². The first kappa shape index (κ1) is 11.5. The summed E-state index contributed by atoms with van der Waals surface area (Å²) in [5, 5.41) is 9.20. The molecule has 0 saturated carbocycles. The van der Waals surface area contributed by atoms with Crippen LogP contribution in [0.15, 0.2) is 24.3 Å². The molecular formula is C14H15NO2. The Hall–Kier alpha value is -1.95. The summed E-state index contributed by atoms with van der Waals surface area (Å²) in [6.07, 6.45) is 6.61. The van der Waals surface area contributed by atoms with Crippen molar-refractivity contribution in [1.29, 1.82) is 0 Å². The van der Waals surface area contributed by atoms with Gasteiger partial charge < -0.3 is 10.0 Å². The van der Waals surface area contributed by atoms with Crippen molar-refractivity contribution in [3.05, 3.63) is 29.8 Å². The highest BCUT2D eigenvalue weighted by Gasteiger charge is 2.29. The maximum absolute atomic E-state index is 11.2. The van der Waals surface area contributed by atoms with Gasteiger partial charge in [0.15, 0.2) is 0 Å². The molecule has 0 bridgehead atoms. The molecule has 1 aliphatic heterocycles. The Balaban J connectivity index is 2.30. The number of fused-ring (bicyclic) bond motifs is 1. The van der Waals surface area contributed by atoms with Crippen molar-refractivity contribution in [2.45, 2.75) is 18.8 Å². The number of benzene rings is 1. The van der Waals surface area contributed by atoms with Gasteiger partial charge in [-0.05, 0) is 18.1 Å². The number of nitrogens with zero attached hydrogens (tertiary/aromatic N) is 1. The molecule has 1 aliphatic rings. The van der Waals surface area contributed by atoms with Crippen LogP contribution in [0.4, 0.5) is 5.69 Å². The van der Waals surface area contributed by atoms with Crippen molar-refractivity contribution in [1.82, 2.24) is 0 Å². The third kappa shape index (κ3) is 2.26. The van der Waals surface area contributed by atoms with E-state index in [1.807, 2.05) is 24.3 Å². The number of terminal acetylenes is 1. The summed E-state index contributed by atoms with van der Waals surface area (Å²) in [5.74, 6) is 1.50. The average Bonchev–Trinajstić information content (AvgIpc) is 2.35. The fourth-order valence-electron chi connectivity index (χ4n) is 2.32. The number of carboxylic acids is 1. The van der Waals surface area contributed by atoms with Crippen LogP contribution >= 0.6 is 0 Å². The lowest BCUT2D eigenvalue weighted by molar-refractivity contribution is -0.139. The fraction of sp³-hybridized carbons (Fsp3) is 0.357. The van der Waals surface area contributed by atoms with Crippen LogP contribution < -0.4 is 4.90 Å². The monoisotopic (exact) mass is 229 g/mol. The summed E-state index contributed by atoms with van der Waals surface area (Å²) in [4.78, 5) is 13.4. The summed E-state index contributed by atoms with van der Waals surface area (Å²) in [6.45, 7) is 1.55. The molecule has 1 N–H and O–H groups in total. The van der Waals surface area contributed by atoms with Gasteiger partial charge in [-0.3, -0.25) is 4.79 Å². The van der Waals surface area contributed by atoms with Crippen molar-refractivity contribution in [2.75, 3.05) is 18.0 Å². The minimum atomic E-state index is -0.742. The SMILES string of the molecule is C#CCCN1CCC(C(=O)O)c2ccccc21. The van der Waals surface area contributed by atoms with Crippen molar-refractivity contribution >= 4 is 11.7 Å². The fourth-order valence-corrected chi connectivity index (χ4v) is 2.32. The molecule has 0 aliphatic carbocycles. The summed E-state index contributed by atoms with van der Waals surface area (Å²) in [7, 11) is 0. The molecule has 1 aromatic carbocycles. The maximum atomic E-state index is 11.2. The lowest BCUT2D eigenvalue weighted by Crippen LogP contribution is -2.34. The van der Waals surface area contributed by atoms with E-state index in [0.717, 1.165) is 24.3 Å². The van der Waals surface area contributed by atoms with Crippen LogP contribution in [0.25, 0.3) is 0 Å². The molecular weight excluding hydrogens is 214 g/mol. The van der Waals surface area contributed by atoms with Gasteiger partial charge in [0, 0.05) is 25.2 Å². The van der Waals surface area contributed by atoms with E-state index in [2.05, 4.69) is 10.8 Å². The van der Waals surface area contributed by atoms with E-state index in [4.69, 9.17) is 6.42 Å². The Morgan fingerprint density at radius 2 is 2.29 bits per heavy atom. The third-order valence-electron chi connectivity index (χ3n) is 3.16. The zero-order valence-electron chi connectivity index (χ0n) is 9.60. The van der Waals surface area contributed by atoms with Gasteiger partial charge >= 0.3 is 5.97 Å². The van der Waals surface area contributed by atoms with Gasteiger partial charge in [-0.2, -0.15) is 0 Å². The van der Waals surface area contributed by atoms with Crippen molar-refractivity contribution in [3.63, 3.8) is 0 Å². The van der Waals surface area contributed by atoms with Gasteiger partial charge in [0.2, 0.25) is 0 Å². The summed E-state index contributed by atoms with van der Waals surface area (Å²) in [5.41, 5.74) is 1.92. The lowest BCUT2D eigenvalue weighted by Gasteiger charge is -2.33. The summed E-state index contributed by atoms with van der Waals surface area (Å²) in [6, 6.07) is 7.70. The second kappa shape index (κ2) is 4.92. The highest BCUT2D eigenvalue weighted by Crippen LogP contribution is 2.35. The van der Waals surface area contributed by atoms with Crippen LogP contribution in [0, 0.1) is 12.3 Å². The number of hydrogen-bond acceptors (Lipinski definition) is 2. The van der Waals surface area contributed by atoms with Gasteiger partial charge in [-0.1, -0.05) is 18.2 Å². The topological polar surface area (TPSA) is 40.5 Å². The van der Waals surface area contributed by atoms with E-state index in [-0.39, 0.29) is 5.92 Å². The first-order valence-corrected chi connectivity index (χ1v) is 5.74. The minimum Gasteiger partial charge on any atom is -0.481 e. The number of carboxylic acid groups (broad SMARTS) is 1. The number of anilines is 1. The van der Waals surface area contributed by atoms with E-state index in [1.54, 1.807) is 0 Å². The Kier molecular flexibility index (Phi) is 3.34. The molecule has 0 saturated heterocycles. The minimum absolute atomic E-state index is 0.381. The maximum Gasteiger partial charge on any atom is 0.311 e. The quantitative estimate of drug-likeness (QED) is 0.807. The molecule has 0 fully saturated rings. The molecule has 0 aromatic heterocycles. The normalized spacial score (nSPS) is 18.3. The van der Waals surface area contributed by atoms with E-state index >= 15 is 0 Å². The van der Waals surface area contributed by atoms with Gasteiger partial charge in [-0.25, -0.2) is 0 Å². The van der Waals surface area contributed by atoms with Crippen LogP contribution in [0.2, 0.25) is 0 Å². The van der Waals surface area contributed by atoms with Crippen LogP contribution in [-0.2, 0) is 4.79 Å². The highest BCUT2D eigenvalue weighted by molar-refractivity contribution is 5.80. The molecule has 1 atom stereocenters. The molecule has 88 valence electrons. The van der Waals surface area contributed by atoms with Gasteiger partial charge in [-0.15, -0.1) is 12.3 Å². The van der Waals surface area contributed by atoms with E-state index < -0.39 is 5.97 Å². The number of carbonyl (C=O) groups is 1. The third-order valence-corrected chi connectivity index (χ3v) is 3.16. The van der Waals surface area contributed by atoms with Crippen LogP contribution in [0.5, 0.6) is 0 Å². The predicted molar refractivity (Wildman–Crippen MR) is 67.1 cm³/mol. The molecule has 1 unspecified atom stereocenters. The molecule has 1 aromatic rings. The molecule has 2 rings (SSSR count). The number of aliphatic carboxylic acids is 1. The van der Waals surface area contributed by atoms with Crippen molar-refractivity contribution < 1.29 is 9.90 Å². The Morgan fingerprint density at radius 1 is 1.53 bits per heavy atom. The zero-order chi connectivity index (χ0) is 12.3. The van der Waals surface area contributed by atoms with Gasteiger partial charge in [0.1, 0.15) is 0 Å². The first-order valence-electron chi connectivity index (χ1n) is 5.74. The highest BCUT2D eigenvalue weighted by atomic mass is 16.4. The smallest absolute Gasteiger partial charge is 0.311 e. The standard InChI is InChI=1S/C14H15NO2/c1-2-3-9-15-10-8-12(14(16)17)11-6-4-5-7-13(11)15/h1,4-7,12H,3,8-10H2,(H,16,17). The van der Waals surface area contributed by atoms with Crippen LogP contribution in [0.3, 0.4) is 0 Å². The summed E-state index contributed by atoms with van der Waals surface area (Å²) >= 11 is 0. The first-order chi connectivity index (χ1) is 8.24. The Labute approximate surface area is 101 Å². The van der Waals surface area contributed by atoms with Crippen LogP contribution in [-0.4, -0.2) is 24.2 Å². The molecule has 17 heavy (non-hydrogen) atoms. The van der Waals surface area contributed by atoms with E-state index in [1.165, 1.54) is 0 Å². The summed E-state index contributed by atoms with van der Waals surface area (Å²) < 4.78 is 0. The average molecular weight is 229 g/mol. The lowest BCUT2D eigenvalue weighted by atomic mass is 9.90. The Morgan fingerprint density at radius 3 is 3.00 bits per heavy atom. The number of hydrogen-bond donors (Lipinski definition) is 1. The number of rotatable bonds is 3. The molecule has 0 amide bonds. The molecule has 3 heteroatoms. The van der Waals surface area contributed by atoms with E-state index in [9.17, 15) is 9.90 Å². The second-order valence-corrected chi connectivity index (χ2v) is 4.18. The zero-order valence-corrected chi connectivity index (χ0v) is 9.60. The molecule has 0 radical (unpaired) electrons. The molecule has 0 spiro atoms. The largest absolute Gasteiger partial charge is 0.481 e. The van der Waals surface area contributed by atoms with Gasteiger partial charge in [0.25, 0.3) is 0 Å².